The van der Waals surface area contributed by atoms with Gasteiger partial charge in [0.25, 0.3) is 0 Å². The molecule has 1 rings (SSSR count). The molecule has 0 bridgehead atoms. The second-order valence-electron chi connectivity index (χ2n) is 4.76. The molecule has 2 amide bonds. The Bertz CT molecular complexity index is 704. The molecule has 1 aromatic carbocycles. The van der Waals surface area contributed by atoms with Gasteiger partial charge in [-0.25, -0.2) is 13.2 Å². The summed E-state index contributed by atoms with van der Waals surface area (Å²) in [6.45, 7) is 3.98. The molecule has 0 saturated heterocycles. The van der Waals surface area contributed by atoms with Gasteiger partial charge in [0.2, 0.25) is 10.0 Å². The first kappa shape index (κ1) is 20.2. The minimum atomic E-state index is -3.77. The summed E-state index contributed by atoms with van der Waals surface area (Å²) in [4.78, 5) is 22.0. The van der Waals surface area contributed by atoms with Crippen LogP contribution in [0.5, 0.6) is 0 Å². The minimum absolute atomic E-state index is 0.0423. The van der Waals surface area contributed by atoms with E-state index in [9.17, 15) is 18.0 Å². The summed E-state index contributed by atoms with van der Waals surface area (Å²) in [6.07, 6.45) is -0.213. The maximum Gasteiger partial charge on any atom is 0.319 e. The van der Waals surface area contributed by atoms with Gasteiger partial charge in [0.05, 0.1) is 11.4 Å². The predicted octanol–water partition coefficient (Wildman–Crippen LogP) is 1.97. The van der Waals surface area contributed by atoms with E-state index in [1.54, 1.807) is 13.8 Å². The molecule has 24 heavy (non-hydrogen) atoms. The molecular formula is C14H20ClN3O5S. The Morgan fingerprint density at radius 1 is 1.25 bits per heavy atom. The van der Waals surface area contributed by atoms with Gasteiger partial charge in [0, 0.05) is 25.3 Å². The molecule has 0 unspecified atom stereocenters. The Kier molecular flexibility index (Phi) is 7.46. The number of benzene rings is 1. The van der Waals surface area contributed by atoms with Gasteiger partial charge in [0.1, 0.15) is 4.90 Å². The Morgan fingerprint density at radius 2 is 1.88 bits per heavy atom. The summed E-state index contributed by atoms with van der Waals surface area (Å²) in [6, 6.07) is 3.47. The number of hydrogen-bond donors (Lipinski definition) is 3. The van der Waals surface area contributed by atoms with Crippen LogP contribution in [-0.2, 0) is 14.8 Å². The number of urea groups is 1. The number of carbonyl (C=O) groups is 2. The van der Waals surface area contributed by atoms with Crippen LogP contribution in [0.4, 0.5) is 10.5 Å². The minimum Gasteiger partial charge on any atom is -0.481 e. The number of carboxylic acid groups (broad SMARTS) is 1. The van der Waals surface area contributed by atoms with E-state index < -0.39 is 22.0 Å². The van der Waals surface area contributed by atoms with Crippen molar-refractivity contribution in [2.45, 2.75) is 25.2 Å². The summed E-state index contributed by atoms with van der Waals surface area (Å²) in [5.74, 6) is -1.03. The average Bonchev–Trinajstić information content (AvgIpc) is 2.49. The van der Waals surface area contributed by atoms with E-state index >= 15 is 0 Å². The van der Waals surface area contributed by atoms with Gasteiger partial charge >= 0.3 is 12.0 Å². The number of rotatable bonds is 8. The number of sulfonamides is 1. The Morgan fingerprint density at radius 3 is 2.42 bits per heavy atom. The van der Waals surface area contributed by atoms with Crippen LogP contribution < -0.4 is 10.6 Å². The molecule has 1 aromatic rings. The third kappa shape index (κ3) is 5.36. The van der Waals surface area contributed by atoms with E-state index in [1.165, 1.54) is 22.5 Å². The topological polar surface area (TPSA) is 116 Å². The molecule has 134 valence electrons. The molecule has 0 atom stereocenters. The highest BCUT2D eigenvalue weighted by Crippen LogP contribution is 2.27. The number of nitrogens with one attached hydrogen (secondary N) is 2. The zero-order valence-corrected chi connectivity index (χ0v) is 14.9. The fraction of sp³-hybridized carbons (Fsp3) is 0.429. The Hall–Kier alpha value is -1.84. The van der Waals surface area contributed by atoms with E-state index in [0.29, 0.717) is 13.1 Å². The number of nitrogens with zero attached hydrogens (tertiary/aromatic N) is 1. The monoisotopic (exact) mass is 377 g/mol. The van der Waals surface area contributed by atoms with Crippen LogP contribution in [0, 0.1) is 0 Å². The van der Waals surface area contributed by atoms with E-state index in [2.05, 4.69) is 10.6 Å². The number of anilines is 1. The Labute approximate surface area is 145 Å². The largest absolute Gasteiger partial charge is 0.481 e. The lowest BCUT2D eigenvalue weighted by molar-refractivity contribution is -0.136. The highest BCUT2D eigenvalue weighted by Gasteiger charge is 2.24. The second kappa shape index (κ2) is 8.86. The normalized spacial score (nSPS) is 11.3. The SMILES string of the molecule is CCN(CC)S(=O)(=O)c1cc(NC(=O)NCCC(=O)O)ccc1Cl. The number of hydrogen-bond acceptors (Lipinski definition) is 4. The van der Waals surface area contributed by atoms with Crippen molar-refractivity contribution in [1.29, 1.82) is 0 Å². The zero-order valence-electron chi connectivity index (χ0n) is 13.4. The van der Waals surface area contributed by atoms with Gasteiger partial charge in [0.15, 0.2) is 0 Å². The maximum absolute atomic E-state index is 12.5. The summed E-state index contributed by atoms with van der Waals surface area (Å²) in [5, 5.41) is 13.4. The quantitative estimate of drug-likeness (QED) is 0.640. The third-order valence-electron chi connectivity index (χ3n) is 3.14. The number of halogens is 1. The van der Waals surface area contributed by atoms with Crippen LogP contribution in [0.2, 0.25) is 5.02 Å². The van der Waals surface area contributed by atoms with Crippen LogP contribution in [0.1, 0.15) is 20.3 Å². The number of aliphatic carboxylic acids is 1. The van der Waals surface area contributed by atoms with Crippen molar-refractivity contribution in [3.8, 4) is 0 Å². The molecule has 0 spiro atoms. The second-order valence-corrected chi connectivity index (χ2v) is 7.07. The summed E-state index contributed by atoms with van der Waals surface area (Å²) in [5.41, 5.74) is 0.234. The molecule has 0 aliphatic heterocycles. The average molecular weight is 378 g/mol. The molecule has 0 heterocycles. The van der Waals surface area contributed by atoms with E-state index in [-0.39, 0.29) is 28.6 Å². The lowest BCUT2D eigenvalue weighted by Gasteiger charge is -2.19. The van der Waals surface area contributed by atoms with Crippen molar-refractivity contribution in [2.24, 2.45) is 0 Å². The van der Waals surface area contributed by atoms with Crippen molar-refractivity contribution < 1.29 is 23.1 Å². The van der Waals surface area contributed by atoms with E-state index in [1.807, 2.05) is 0 Å². The van der Waals surface area contributed by atoms with Crippen LogP contribution in [0.15, 0.2) is 23.1 Å². The van der Waals surface area contributed by atoms with Gasteiger partial charge in [-0.15, -0.1) is 0 Å². The number of carbonyl (C=O) groups excluding carboxylic acids is 1. The van der Waals surface area contributed by atoms with Crippen LogP contribution in [-0.4, -0.2) is 49.5 Å². The van der Waals surface area contributed by atoms with Gasteiger partial charge in [-0.1, -0.05) is 25.4 Å². The highest BCUT2D eigenvalue weighted by molar-refractivity contribution is 7.89. The first-order valence-electron chi connectivity index (χ1n) is 7.28. The summed E-state index contributed by atoms with van der Waals surface area (Å²) in [7, 11) is -3.77. The molecule has 10 heteroatoms. The molecule has 0 aromatic heterocycles. The molecule has 3 N–H and O–H groups in total. The van der Waals surface area contributed by atoms with Crippen molar-refractivity contribution >= 4 is 39.3 Å². The zero-order chi connectivity index (χ0) is 18.3. The first-order valence-corrected chi connectivity index (χ1v) is 9.10. The van der Waals surface area contributed by atoms with Crippen molar-refractivity contribution in [1.82, 2.24) is 9.62 Å². The number of amides is 2. The standard InChI is InChI=1S/C14H20ClN3O5S/c1-3-18(4-2)24(22,23)12-9-10(5-6-11(12)15)17-14(21)16-8-7-13(19)20/h5-6,9H,3-4,7-8H2,1-2H3,(H,19,20)(H2,16,17,21). The van der Waals surface area contributed by atoms with Gasteiger partial charge in [-0.2, -0.15) is 4.31 Å². The smallest absolute Gasteiger partial charge is 0.319 e. The van der Waals surface area contributed by atoms with E-state index in [4.69, 9.17) is 16.7 Å². The molecule has 0 radical (unpaired) electrons. The molecule has 0 aliphatic rings. The third-order valence-corrected chi connectivity index (χ3v) is 5.67. The molecular weight excluding hydrogens is 358 g/mol. The Balaban J connectivity index is 2.94. The number of carboxylic acids is 1. The fourth-order valence-electron chi connectivity index (χ4n) is 1.94. The fourth-order valence-corrected chi connectivity index (χ4v) is 3.90. The molecule has 0 saturated carbocycles. The van der Waals surface area contributed by atoms with Gasteiger partial charge < -0.3 is 15.7 Å². The molecule has 0 aliphatic carbocycles. The van der Waals surface area contributed by atoms with Crippen molar-refractivity contribution in [3.05, 3.63) is 23.2 Å². The highest BCUT2D eigenvalue weighted by atomic mass is 35.5. The molecule has 0 fully saturated rings. The summed E-state index contributed by atoms with van der Waals surface area (Å²) >= 11 is 5.99. The lowest BCUT2D eigenvalue weighted by Crippen LogP contribution is -2.32. The van der Waals surface area contributed by atoms with E-state index in [0.717, 1.165) is 0 Å². The first-order chi connectivity index (χ1) is 11.2. The lowest BCUT2D eigenvalue weighted by atomic mass is 10.3. The molecule has 8 nitrogen and oxygen atoms in total. The van der Waals surface area contributed by atoms with Crippen LogP contribution in [0.3, 0.4) is 0 Å². The maximum atomic E-state index is 12.5. The van der Waals surface area contributed by atoms with Gasteiger partial charge in [-0.3, -0.25) is 4.79 Å². The van der Waals surface area contributed by atoms with Crippen molar-refractivity contribution in [2.75, 3.05) is 25.0 Å². The van der Waals surface area contributed by atoms with Crippen LogP contribution in [0.25, 0.3) is 0 Å². The van der Waals surface area contributed by atoms with Crippen molar-refractivity contribution in [3.63, 3.8) is 0 Å². The van der Waals surface area contributed by atoms with Crippen LogP contribution >= 0.6 is 11.6 Å². The van der Waals surface area contributed by atoms with Gasteiger partial charge in [-0.05, 0) is 18.2 Å². The summed E-state index contributed by atoms with van der Waals surface area (Å²) < 4.78 is 26.4. The predicted molar refractivity (Wildman–Crippen MR) is 90.8 cm³/mol.